The zero-order valence-electron chi connectivity index (χ0n) is 12.1. The molecule has 0 amide bonds. The molecule has 2 rings (SSSR count). The molecule has 1 aliphatic heterocycles. The Kier molecular flexibility index (Phi) is 5.20. The average Bonchev–Trinajstić information content (AvgIpc) is 2.37. The minimum Gasteiger partial charge on any atom is -0.496 e. The third-order valence-electron chi connectivity index (χ3n) is 3.88. The van der Waals surface area contributed by atoms with Gasteiger partial charge < -0.3 is 4.74 Å². The maximum Gasteiger partial charge on any atom is 0.393 e. The van der Waals surface area contributed by atoms with Gasteiger partial charge in [-0.25, -0.2) is 0 Å². The van der Waals surface area contributed by atoms with E-state index in [1.54, 1.807) is 7.11 Å². The van der Waals surface area contributed by atoms with Crippen molar-refractivity contribution < 1.29 is 17.9 Å². The van der Waals surface area contributed by atoms with Crippen molar-refractivity contribution in [2.45, 2.75) is 32.5 Å². The first-order valence-electron chi connectivity index (χ1n) is 6.93. The van der Waals surface area contributed by atoms with Crippen LogP contribution in [0.25, 0.3) is 0 Å². The number of likely N-dealkylation sites (tertiary alicyclic amines) is 1. The monoisotopic (exact) mass is 365 g/mol. The number of aryl methyl sites for hydroxylation is 1. The van der Waals surface area contributed by atoms with Crippen molar-refractivity contribution >= 4 is 15.9 Å². The SMILES string of the molecule is COc1c(C)cc(Br)cc1CN1CCCC(C(F)(F)F)C1. The Hall–Kier alpha value is -0.750. The van der Waals surface area contributed by atoms with Gasteiger partial charge in [0.05, 0.1) is 13.0 Å². The second-order valence-electron chi connectivity index (χ2n) is 5.53. The number of hydrogen-bond donors (Lipinski definition) is 0. The normalized spacial score (nSPS) is 20.6. The molecule has 1 aromatic rings. The molecule has 0 bridgehead atoms. The molecule has 1 aliphatic rings. The summed E-state index contributed by atoms with van der Waals surface area (Å²) in [5, 5.41) is 0. The van der Waals surface area contributed by atoms with Crippen molar-refractivity contribution in [1.82, 2.24) is 4.90 Å². The zero-order chi connectivity index (χ0) is 15.6. The van der Waals surface area contributed by atoms with E-state index < -0.39 is 12.1 Å². The van der Waals surface area contributed by atoms with Crippen molar-refractivity contribution in [3.63, 3.8) is 0 Å². The summed E-state index contributed by atoms with van der Waals surface area (Å²) in [6, 6.07) is 3.86. The van der Waals surface area contributed by atoms with Gasteiger partial charge in [0.1, 0.15) is 5.75 Å². The second kappa shape index (κ2) is 6.57. The lowest BCUT2D eigenvalue weighted by Crippen LogP contribution is -2.41. The van der Waals surface area contributed by atoms with Crippen molar-refractivity contribution in [2.75, 3.05) is 20.2 Å². The first kappa shape index (κ1) is 16.6. The minimum atomic E-state index is -4.10. The van der Waals surface area contributed by atoms with E-state index in [2.05, 4.69) is 15.9 Å². The van der Waals surface area contributed by atoms with E-state index in [1.165, 1.54) is 0 Å². The van der Waals surface area contributed by atoms with Crippen LogP contribution < -0.4 is 4.74 Å². The molecule has 6 heteroatoms. The molecule has 1 aromatic carbocycles. The number of rotatable bonds is 3. The topological polar surface area (TPSA) is 12.5 Å². The Bertz CT molecular complexity index is 504. The Morgan fingerprint density at radius 1 is 1.38 bits per heavy atom. The molecule has 1 saturated heterocycles. The van der Waals surface area contributed by atoms with E-state index in [1.807, 2.05) is 24.0 Å². The quantitative estimate of drug-likeness (QED) is 0.779. The molecule has 0 N–H and O–H groups in total. The van der Waals surface area contributed by atoms with Gasteiger partial charge in [0, 0.05) is 23.1 Å². The Labute approximate surface area is 131 Å². The van der Waals surface area contributed by atoms with Gasteiger partial charge in [-0.15, -0.1) is 0 Å². The fraction of sp³-hybridized carbons (Fsp3) is 0.600. The van der Waals surface area contributed by atoms with Crippen LogP contribution in [-0.4, -0.2) is 31.3 Å². The number of halogens is 4. The smallest absolute Gasteiger partial charge is 0.393 e. The summed E-state index contributed by atoms with van der Waals surface area (Å²) in [4.78, 5) is 1.87. The van der Waals surface area contributed by atoms with Gasteiger partial charge in [0.25, 0.3) is 0 Å². The summed E-state index contributed by atoms with van der Waals surface area (Å²) in [5.74, 6) is -0.460. The summed E-state index contributed by atoms with van der Waals surface area (Å²) < 4.78 is 44.9. The van der Waals surface area contributed by atoms with Crippen LogP contribution in [0.15, 0.2) is 16.6 Å². The van der Waals surface area contributed by atoms with E-state index in [4.69, 9.17) is 4.74 Å². The van der Waals surface area contributed by atoms with Crippen LogP contribution in [0.3, 0.4) is 0 Å². The summed E-state index contributed by atoms with van der Waals surface area (Å²) in [6.45, 7) is 3.18. The summed E-state index contributed by atoms with van der Waals surface area (Å²) in [7, 11) is 1.59. The first-order valence-corrected chi connectivity index (χ1v) is 7.72. The van der Waals surface area contributed by atoms with Gasteiger partial charge in [-0.3, -0.25) is 4.90 Å². The predicted molar refractivity (Wildman–Crippen MR) is 79.5 cm³/mol. The molecule has 0 spiro atoms. The van der Waals surface area contributed by atoms with Crippen LogP contribution in [0.4, 0.5) is 13.2 Å². The van der Waals surface area contributed by atoms with Crippen LogP contribution in [0, 0.1) is 12.8 Å². The molecule has 0 aliphatic carbocycles. The van der Waals surface area contributed by atoms with Crippen LogP contribution >= 0.6 is 15.9 Å². The fourth-order valence-corrected chi connectivity index (χ4v) is 3.54. The molecule has 0 aromatic heterocycles. The highest BCUT2D eigenvalue weighted by Crippen LogP contribution is 2.35. The minimum absolute atomic E-state index is 0.0677. The van der Waals surface area contributed by atoms with Gasteiger partial charge >= 0.3 is 6.18 Å². The molecule has 1 atom stereocenters. The number of piperidine rings is 1. The van der Waals surface area contributed by atoms with E-state index in [-0.39, 0.29) is 13.0 Å². The summed E-state index contributed by atoms with van der Waals surface area (Å²) in [5.41, 5.74) is 1.90. The lowest BCUT2D eigenvalue weighted by atomic mass is 9.97. The second-order valence-corrected chi connectivity index (χ2v) is 6.45. The Morgan fingerprint density at radius 3 is 2.71 bits per heavy atom. The Morgan fingerprint density at radius 2 is 2.10 bits per heavy atom. The maximum absolute atomic E-state index is 12.9. The van der Waals surface area contributed by atoms with E-state index in [0.717, 1.165) is 21.3 Å². The lowest BCUT2D eigenvalue weighted by molar-refractivity contribution is -0.187. The zero-order valence-corrected chi connectivity index (χ0v) is 13.7. The summed E-state index contributed by atoms with van der Waals surface area (Å²) >= 11 is 3.43. The third-order valence-corrected chi connectivity index (χ3v) is 4.34. The number of hydrogen-bond acceptors (Lipinski definition) is 2. The van der Waals surface area contributed by atoms with Gasteiger partial charge in [-0.1, -0.05) is 15.9 Å². The number of ether oxygens (including phenoxy) is 1. The molecule has 2 nitrogen and oxygen atoms in total. The molecule has 0 saturated carbocycles. The van der Waals surface area contributed by atoms with E-state index in [0.29, 0.717) is 19.5 Å². The van der Waals surface area contributed by atoms with Gasteiger partial charge in [-0.2, -0.15) is 13.2 Å². The number of alkyl halides is 3. The highest BCUT2D eigenvalue weighted by atomic mass is 79.9. The highest BCUT2D eigenvalue weighted by Gasteiger charge is 2.41. The number of methoxy groups -OCH3 is 1. The van der Waals surface area contributed by atoms with Gasteiger partial charge in [0.2, 0.25) is 0 Å². The molecule has 118 valence electrons. The standard InChI is InChI=1S/C15H19BrF3NO/c1-10-6-13(16)7-11(14(10)21-2)8-20-5-3-4-12(9-20)15(17,18)19/h6-7,12H,3-5,8-9H2,1-2H3. The van der Waals surface area contributed by atoms with Crippen LogP contribution in [0.5, 0.6) is 5.75 Å². The maximum atomic E-state index is 12.9. The largest absolute Gasteiger partial charge is 0.496 e. The highest BCUT2D eigenvalue weighted by molar-refractivity contribution is 9.10. The van der Waals surface area contributed by atoms with Crippen molar-refractivity contribution in [3.8, 4) is 5.75 Å². The van der Waals surface area contributed by atoms with Crippen LogP contribution in [-0.2, 0) is 6.54 Å². The number of benzene rings is 1. The van der Waals surface area contributed by atoms with E-state index in [9.17, 15) is 13.2 Å². The number of nitrogens with zero attached hydrogens (tertiary/aromatic N) is 1. The van der Waals surface area contributed by atoms with Crippen molar-refractivity contribution in [1.29, 1.82) is 0 Å². The van der Waals surface area contributed by atoms with Crippen molar-refractivity contribution in [2.24, 2.45) is 5.92 Å². The average molecular weight is 366 g/mol. The first-order chi connectivity index (χ1) is 9.81. The third kappa shape index (κ3) is 4.13. The molecule has 0 radical (unpaired) electrons. The molecule has 1 heterocycles. The van der Waals surface area contributed by atoms with Crippen LogP contribution in [0.1, 0.15) is 24.0 Å². The van der Waals surface area contributed by atoms with Gasteiger partial charge in [0.15, 0.2) is 0 Å². The van der Waals surface area contributed by atoms with Gasteiger partial charge in [-0.05, 0) is 44.0 Å². The van der Waals surface area contributed by atoms with E-state index >= 15 is 0 Å². The van der Waals surface area contributed by atoms with Crippen molar-refractivity contribution in [3.05, 3.63) is 27.7 Å². The predicted octanol–water partition coefficient (Wildman–Crippen LogP) is 4.54. The molecular formula is C15H19BrF3NO. The fourth-order valence-electron chi connectivity index (χ4n) is 2.92. The molecule has 1 fully saturated rings. The summed E-state index contributed by atoms with van der Waals surface area (Å²) in [6.07, 6.45) is -3.29. The molecular weight excluding hydrogens is 347 g/mol. The molecule has 21 heavy (non-hydrogen) atoms. The Balaban J connectivity index is 2.15. The molecule has 1 unspecified atom stereocenters. The lowest BCUT2D eigenvalue weighted by Gasteiger charge is -2.34. The van der Waals surface area contributed by atoms with Crippen LogP contribution in [0.2, 0.25) is 0 Å².